The number of aryl methyl sites for hydroxylation is 1. The number of hydrogen-bond donors (Lipinski definition) is 1. The predicted molar refractivity (Wildman–Crippen MR) is 68.1 cm³/mol. The Morgan fingerprint density at radius 3 is 2.94 bits per heavy atom. The Morgan fingerprint density at radius 1 is 1.41 bits per heavy atom. The first-order chi connectivity index (χ1) is 8.24. The van der Waals surface area contributed by atoms with Crippen molar-refractivity contribution in [1.82, 2.24) is 9.55 Å². The van der Waals surface area contributed by atoms with Crippen molar-refractivity contribution in [2.45, 2.75) is 19.9 Å². The van der Waals surface area contributed by atoms with Crippen LogP contribution in [0.1, 0.15) is 18.3 Å². The van der Waals surface area contributed by atoms with Crippen LogP contribution in [0.5, 0.6) is 5.75 Å². The molecule has 0 aliphatic rings. The minimum absolute atomic E-state index is 0.734. The number of benzene rings is 1. The Balaban J connectivity index is 2.32. The highest BCUT2D eigenvalue weighted by atomic mass is 16.5. The second-order valence-corrected chi connectivity index (χ2v) is 3.90. The van der Waals surface area contributed by atoms with Gasteiger partial charge in [0.1, 0.15) is 11.6 Å². The van der Waals surface area contributed by atoms with E-state index in [2.05, 4.69) is 16.5 Å². The SMILES string of the molecule is CCc1nccn1Cc1cc(N)ccc1OC. The van der Waals surface area contributed by atoms with Gasteiger partial charge in [0.15, 0.2) is 0 Å². The molecule has 0 bridgehead atoms. The van der Waals surface area contributed by atoms with Crippen molar-refractivity contribution in [3.63, 3.8) is 0 Å². The summed E-state index contributed by atoms with van der Waals surface area (Å²) in [7, 11) is 1.67. The number of methoxy groups -OCH3 is 1. The Bertz CT molecular complexity index is 505. The summed E-state index contributed by atoms with van der Waals surface area (Å²) >= 11 is 0. The molecule has 2 rings (SSSR count). The van der Waals surface area contributed by atoms with Crippen LogP contribution in [0, 0.1) is 0 Å². The summed E-state index contributed by atoms with van der Waals surface area (Å²) in [4.78, 5) is 4.30. The van der Waals surface area contributed by atoms with Gasteiger partial charge in [0.2, 0.25) is 0 Å². The smallest absolute Gasteiger partial charge is 0.124 e. The zero-order valence-corrected chi connectivity index (χ0v) is 10.2. The van der Waals surface area contributed by atoms with Gasteiger partial charge in [0, 0.05) is 30.1 Å². The molecular weight excluding hydrogens is 214 g/mol. The summed E-state index contributed by atoms with van der Waals surface area (Å²) in [6.07, 6.45) is 4.71. The first-order valence-corrected chi connectivity index (χ1v) is 5.67. The molecule has 90 valence electrons. The molecular formula is C13H17N3O. The van der Waals surface area contributed by atoms with E-state index >= 15 is 0 Å². The molecule has 0 aliphatic heterocycles. The molecule has 2 aromatic rings. The van der Waals surface area contributed by atoms with Crippen molar-refractivity contribution >= 4 is 5.69 Å². The van der Waals surface area contributed by atoms with E-state index in [4.69, 9.17) is 10.5 Å². The first kappa shape index (κ1) is 11.5. The van der Waals surface area contributed by atoms with Crippen molar-refractivity contribution in [3.8, 4) is 5.75 Å². The van der Waals surface area contributed by atoms with Gasteiger partial charge in [-0.05, 0) is 18.2 Å². The number of hydrogen-bond acceptors (Lipinski definition) is 3. The zero-order chi connectivity index (χ0) is 12.3. The maximum absolute atomic E-state index is 5.80. The van der Waals surface area contributed by atoms with E-state index < -0.39 is 0 Å². The number of ether oxygens (including phenoxy) is 1. The van der Waals surface area contributed by atoms with Crippen molar-refractivity contribution in [2.75, 3.05) is 12.8 Å². The second-order valence-electron chi connectivity index (χ2n) is 3.90. The summed E-state index contributed by atoms with van der Waals surface area (Å²) in [5.74, 6) is 1.92. The van der Waals surface area contributed by atoms with Crippen LogP contribution in [0.4, 0.5) is 5.69 Å². The third-order valence-electron chi connectivity index (χ3n) is 2.76. The van der Waals surface area contributed by atoms with Crippen LogP contribution in [-0.4, -0.2) is 16.7 Å². The largest absolute Gasteiger partial charge is 0.496 e. The summed E-state index contributed by atoms with van der Waals surface area (Å²) in [6.45, 7) is 2.83. The van der Waals surface area contributed by atoms with E-state index in [0.29, 0.717) is 0 Å². The van der Waals surface area contributed by atoms with Crippen molar-refractivity contribution in [1.29, 1.82) is 0 Å². The van der Waals surface area contributed by atoms with Gasteiger partial charge in [-0.3, -0.25) is 0 Å². The molecule has 0 unspecified atom stereocenters. The molecule has 0 amide bonds. The van der Waals surface area contributed by atoms with E-state index in [0.717, 1.165) is 35.8 Å². The molecule has 1 heterocycles. The van der Waals surface area contributed by atoms with Gasteiger partial charge >= 0.3 is 0 Å². The summed E-state index contributed by atoms with van der Waals surface area (Å²) in [5.41, 5.74) is 7.62. The molecule has 4 nitrogen and oxygen atoms in total. The van der Waals surface area contributed by atoms with Crippen molar-refractivity contribution in [3.05, 3.63) is 42.0 Å². The molecule has 0 aliphatic carbocycles. The molecule has 0 radical (unpaired) electrons. The van der Waals surface area contributed by atoms with Crippen LogP contribution in [0.15, 0.2) is 30.6 Å². The number of aromatic nitrogens is 2. The van der Waals surface area contributed by atoms with Gasteiger partial charge in [0.25, 0.3) is 0 Å². The maximum atomic E-state index is 5.80. The van der Waals surface area contributed by atoms with Gasteiger partial charge in [-0.15, -0.1) is 0 Å². The molecule has 4 heteroatoms. The number of imidazole rings is 1. The highest BCUT2D eigenvalue weighted by molar-refractivity contribution is 5.48. The van der Waals surface area contributed by atoms with Crippen LogP contribution in [-0.2, 0) is 13.0 Å². The lowest BCUT2D eigenvalue weighted by molar-refractivity contribution is 0.408. The number of rotatable bonds is 4. The monoisotopic (exact) mass is 231 g/mol. The van der Waals surface area contributed by atoms with Crippen LogP contribution < -0.4 is 10.5 Å². The Labute approximate surface area is 101 Å². The topological polar surface area (TPSA) is 53.1 Å². The van der Waals surface area contributed by atoms with Crippen molar-refractivity contribution < 1.29 is 4.74 Å². The Kier molecular flexibility index (Phi) is 3.32. The lowest BCUT2D eigenvalue weighted by Gasteiger charge is -2.11. The average Bonchev–Trinajstić information content (AvgIpc) is 2.77. The van der Waals surface area contributed by atoms with Gasteiger partial charge < -0.3 is 15.0 Å². The van der Waals surface area contributed by atoms with E-state index in [1.54, 1.807) is 7.11 Å². The van der Waals surface area contributed by atoms with Crippen molar-refractivity contribution in [2.24, 2.45) is 0 Å². The minimum atomic E-state index is 0.734. The molecule has 1 aromatic heterocycles. The van der Waals surface area contributed by atoms with E-state index in [1.165, 1.54) is 0 Å². The fraction of sp³-hybridized carbons (Fsp3) is 0.308. The molecule has 0 saturated heterocycles. The van der Waals surface area contributed by atoms with E-state index in [-0.39, 0.29) is 0 Å². The normalized spacial score (nSPS) is 10.5. The fourth-order valence-electron chi connectivity index (χ4n) is 1.90. The molecule has 0 saturated carbocycles. The summed E-state index contributed by atoms with van der Waals surface area (Å²) < 4.78 is 7.44. The minimum Gasteiger partial charge on any atom is -0.496 e. The lowest BCUT2D eigenvalue weighted by atomic mass is 10.1. The van der Waals surface area contributed by atoms with E-state index in [9.17, 15) is 0 Å². The number of nitrogen functional groups attached to an aromatic ring is 1. The second kappa shape index (κ2) is 4.91. The lowest BCUT2D eigenvalue weighted by Crippen LogP contribution is -2.05. The van der Waals surface area contributed by atoms with Crippen LogP contribution in [0.2, 0.25) is 0 Å². The van der Waals surface area contributed by atoms with Gasteiger partial charge in [-0.2, -0.15) is 0 Å². The summed E-state index contributed by atoms with van der Waals surface area (Å²) in [6, 6.07) is 5.68. The molecule has 0 fully saturated rings. The predicted octanol–water partition coefficient (Wildman–Crippen LogP) is 2.08. The number of anilines is 1. The van der Waals surface area contributed by atoms with Gasteiger partial charge in [-0.1, -0.05) is 6.92 Å². The zero-order valence-electron chi connectivity index (χ0n) is 10.2. The van der Waals surface area contributed by atoms with Gasteiger partial charge in [-0.25, -0.2) is 4.98 Å². The number of nitrogens with zero attached hydrogens (tertiary/aromatic N) is 2. The molecule has 0 atom stereocenters. The maximum Gasteiger partial charge on any atom is 0.124 e. The highest BCUT2D eigenvalue weighted by Crippen LogP contribution is 2.22. The molecule has 17 heavy (non-hydrogen) atoms. The molecule has 1 aromatic carbocycles. The van der Waals surface area contributed by atoms with Crippen LogP contribution >= 0.6 is 0 Å². The first-order valence-electron chi connectivity index (χ1n) is 5.67. The van der Waals surface area contributed by atoms with Crippen LogP contribution in [0.3, 0.4) is 0 Å². The van der Waals surface area contributed by atoms with Crippen LogP contribution in [0.25, 0.3) is 0 Å². The highest BCUT2D eigenvalue weighted by Gasteiger charge is 2.06. The van der Waals surface area contributed by atoms with Gasteiger partial charge in [0.05, 0.1) is 13.7 Å². The third-order valence-corrected chi connectivity index (χ3v) is 2.76. The number of nitrogens with two attached hydrogens (primary N) is 1. The fourth-order valence-corrected chi connectivity index (χ4v) is 1.90. The Hall–Kier alpha value is -1.97. The van der Waals surface area contributed by atoms with E-state index in [1.807, 2.05) is 30.6 Å². The summed E-state index contributed by atoms with van der Waals surface area (Å²) in [5, 5.41) is 0. The molecule has 2 N–H and O–H groups in total. The Morgan fingerprint density at radius 2 is 2.24 bits per heavy atom. The standard InChI is InChI=1S/C13H17N3O/c1-3-13-15-6-7-16(13)9-10-8-11(14)4-5-12(10)17-2/h4-8H,3,9,14H2,1-2H3. The molecule has 0 spiro atoms. The quantitative estimate of drug-likeness (QED) is 0.820. The average molecular weight is 231 g/mol. The third kappa shape index (κ3) is 2.41.